The highest BCUT2D eigenvalue weighted by molar-refractivity contribution is 6.32. The van der Waals surface area contributed by atoms with E-state index in [0.29, 0.717) is 34.0 Å². The van der Waals surface area contributed by atoms with Crippen LogP contribution in [0.3, 0.4) is 0 Å². The number of ether oxygens (including phenoxy) is 1. The fourth-order valence-electron chi connectivity index (χ4n) is 3.20. The van der Waals surface area contributed by atoms with Crippen LogP contribution in [0.2, 0.25) is 5.02 Å². The molecule has 2 aromatic heterocycles. The number of benzene rings is 1. The molecule has 0 spiro atoms. The van der Waals surface area contributed by atoms with Gasteiger partial charge in [-0.25, -0.2) is 4.39 Å². The van der Waals surface area contributed by atoms with Gasteiger partial charge in [-0.2, -0.15) is 0 Å². The Morgan fingerprint density at radius 3 is 2.70 bits per heavy atom. The van der Waals surface area contributed by atoms with Crippen LogP contribution < -0.4 is 10.5 Å². The van der Waals surface area contributed by atoms with Gasteiger partial charge in [0.25, 0.3) is 0 Å². The number of nitrogens with zero attached hydrogens (tertiary/aromatic N) is 2. The molecule has 0 fully saturated rings. The summed E-state index contributed by atoms with van der Waals surface area (Å²) in [5.41, 5.74) is 7.92. The third kappa shape index (κ3) is 4.93. The minimum atomic E-state index is -0.320. The van der Waals surface area contributed by atoms with Gasteiger partial charge in [0.1, 0.15) is 5.82 Å². The minimum absolute atomic E-state index is 0.244. The zero-order valence-electron chi connectivity index (χ0n) is 15.7. The first kappa shape index (κ1) is 19.5. The van der Waals surface area contributed by atoms with E-state index in [4.69, 9.17) is 22.1 Å². The smallest absolute Gasteiger partial charge is 0.156 e. The SMILES string of the molecule is CC(COc1cnc(-c2ccnc3ccc(F)cc23)cc1Cl)CC(C)(C)N. The quantitative estimate of drug-likeness (QED) is 0.629. The molecule has 6 heteroatoms. The molecular formula is C21H23ClFN3O. The van der Waals surface area contributed by atoms with Gasteiger partial charge in [-0.3, -0.25) is 9.97 Å². The molecule has 0 radical (unpaired) electrons. The number of aromatic nitrogens is 2. The number of nitrogens with two attached hydrogens (primary N) is 1. The lowest BCUT2D eigenvalue weighted by Crippen LogP contribution is -2.35. The molecule has 3 aromatic rings. The summed E-state index contributed by atoms with van der Waals surface area (Å²) < 4.78 is 19.5. The summed E-state index contributed by atoms with van der Waals surface area (Å²) in [6.07, 6.45) is 4.11. The highest BCUT2D eigenvalue weighted by Gasteiger charge is 2.17. The monoisotopic (exact) mass is 387 g/mol. The van der Waals surface area contributed by atoms with Gasteiger partial charge < -0.3 is 10.5 Å². The zero-order valence-corrected chi connectivity index (χ0v) is 16.4. The highest BCUT2D eigenvalue weighted by Crippen LogP contribution is 2.32. The van der Waals surface area contributed by atoms with E-state index in [9.17, 15) is 4.39 Å². The van der Waals surface area contributed by atoms with Crippen LogP contribution in [0.1, 0.15) is 27.2 Å². The van der Waals surface area contributed by atoms with Gasteiger partial charge in [0, 0.05) is 22.7 Å². The molecule has 1 unspecified atom stereocenters. The van der Waals surface area contributed by atoms with E-state index in [1.165, 1.54) is 12.1 Å². The highest BCUT2D eigenvalue weighted by atomic mass is 35.5. The molecule has 0 aliphatic carbocycles. The number of hydrogen-bond donors (Lipinski definition) is 1. The molecule has 0 amide bonds. The van der Waals surface area contributed by atoms with Crippen LogP contribution in [-0.4, -0.2) is 22.1 Å². The molecule has 0 saturated heterocycles. The van der Waals surface area contributed by atoms with Crippen molar-refractivity contribution in [2.45, 2.75) is 32.7 Å². The van der Waals surface area contributed by atoms with Crippen molar-refractivity contribution in [3.05, 3.63) is 53.6 Å². The summed E-state index contributed by atoms with van der Waals surface area (Å²) in [5, 5.41) is 1.15. The van der Waals surface area contributed by atoms with Crippen LogP contribution in [-0.2, 0) is 0 Å². The van der Waals surface area contributed by atoms with Gasteiger partial charge in [-0.1, -0.05) is 18.5 Å². The molecule has 0 aliphatic rings. The second-order valence-electron chi connectivity index (χ2n) is 7.63. The molecule has 4 nitrogen and oxygen atoms in total. The predicted octanol–water partition coefficient (Wildman–Crippen LogP) is 5.23. The van der Waals surface area contributed by atoms with Gasteiger partial charge in [-0.15, -0.1) is 0 Å². The molecule has 2 heterocycles. The Labute approximate surface area is 163 Å². The van der Waals surface area contributed by atoms with Crippen LogP contribution >= 0.6 is 11.6 Å². The fourth-order valence-corrected chi connectivity index (χ4v) is 3.41. The molecule has 3 rings (SSSR count). The van der Waals surface area contributed by atoms with E-state index >= 15 is 0 Å². The van der Waals surface area contributed by atoms with Gasteiger partial charge in [0.05, 0.1) is 29.0 Å². The Morgan fingerprint density at radius 2 is 2.00 bits per heavy atom. The van der Waals surface area contributed by atoms with Crippen molar-refractivity contribution >= 4 is 22.5 Å². The minimum Gasteiger partial charge on any atom is -0.490 e. The number of halogens is 2. The Kier molecular flexibility index (Phi) is 5.63. The first-order valence-electron chi connectivity index (χ1n) is 8.85. The van der Waals surface area contributed by atoms with Crippen molar-refractivity contribution in [3.63, 3.8) is 0 Å². The molecule has 1 aromatic carbocycles. The molecule has 142 valence electrons. The largest absolute Gasteiger partial charge is 0.490 e. The van der Waals surface area contributed by atoms with Gasteiger partial charge in [0.15, 0.2) is 5.75 Å². The number of pyridine rings is 2. The van der Waals surface area contributed by atoms with E-state index in [1.54, 1.807) is 30.6 Å². The first-order valence-corrected chi connectivity index (χ1v) is 9.22. The summed E-state index contributed by atoms with van der Waals surface area (Å²) in [6, 6.07) is 8.02. The zero-order chi connectivity index (χ0) is 19.6. The Bertz CT molecular complexity index is 956. The summed E-state index contributed by atoms with van der Waals surface area (Å²) >= 11 is 6.40. The maximum Gasteiger partial charge on any atom is 0.156 e. The second-order valence-corrected chi connectivity index (χ2v) is 8.04. The third-order valence-corrected chi connectivity index (χ3v) is 4.49. The van der Waals surface area contributed by atoms with Crippen LogP contribution in [0.4, 0.5) is 4.39 Å². The molecule has 0 aliphatic heterocycles. The van der Waals surface area contributed by atoms with Crippen molar-refractivity contribution in [2.24, 2.45) is 11.7 Å². The van der Waals surface area contributed by atoms with Gasteiger partial charge >= 0.3 is 0 Å². The Hall–Kier alpha value is -2.24. The average molecular weight is 388 g/mol. The van der Waals surface area contributed by atoms with E-state index in [-0.39, 0.29) is 17.3 Å². The summed E-state index contributed by atoms with van der Waals surface area (Å²) in [7, 11) is 0. The Balaban J connectivity index is 1.82. The maximum atomic E-state index is 13.7. The van der Waals surface area contributed by atoms with Crippen molar-refractivity contribution in [3.8, 4) is 17.0 Å². The molecule has 0 saturated carbocycles. The molecule has 1 atom stereocenters. The first-order chi connectivity index (χ1) is 12.7. The third-order valence-electron chi connectivity index (χ3n) is 4.20. The normalized spacial score (nSPS) is 13.0. The van der Waals surface area contributed by atoms with Crippen LogP contribution in [0.5, 0.6) is 5.75 Å². The predicted molar refractivity (Wildman–Crippen MR) is 107 cm³/mol. The van der Waals surface area contributed by atoms with Crippen LogP contribution in [0.25, 0.3) is 22.2 Å². The van der Waals surface area contributed by atoms with E-state index in [2.05, 4.69) is 16.9 Å². The number of fused-ring (bicyclic) bond motifs is 1. The lowest BCUT2D eigenvalue weighted by Gasteiger charge is -2.23. The van der Waals surface area contributed by atoms with Gasteiger partial charge in [-0.05, 0) is 56.5 Å². The average Bonchev–Trinajstić information content (AvgIpc) is 2.58. The van der Waals surface area contributed by atoms with Crippen molar-refractivity contribution < 1.29 is 9.13 Å². The van der Waals surface area contributed by atoms with E-state index in [0.717, 1.165) is 12.0 Å². The molecule has 0 bridgehead atoms. The maximum absolute atomic E-state index is 13.7. The summed E-state index contributed by atoms with van der Waals surface area (Å²) in [4.78, 5) is 8.72. The topological polar surface area (TPSA) is 61.0 Å². The fraction of sp³-hybridized carbons (Fsp3) is 0.333. The molecular weight excluding hydrogens is 365 g/mol. The molecule has 2 N–H and O–H groups in total. The van der Waals surface area contributed by atoms with Crippen molar-refractivity contribution in [1.82, 2.24) is 9.97 Å². The number of rotatable bonds is 6. The van der Waals surface area contributed by atoms with Crippen LogP contribution in [0, 0.1) is 11.7 Å². The summed E-state index contributed by atoms with van der Waals surface area (Å²) in [5.74, 6) is 0.485. The number of hydrogen-bond acceptors (Lipinski definition) is 4. The standard InChI is InChI=1S/C21H23ClFN3O/c1-13(10-21(2,3)24)12-27-20-11-26-19(9-17(20)22)15-6-7-25-18-5-4-14(23)8-16(15)18/h4-9,11,13H,10,12,24H2,1-3H3. The molecule has 27 heavy (non-hydrogen) atoms. The summed E-state index contributed by atoms with van der Waals surface area (Å²) in [6.45, 7) is 6.58. The van der Waals surface area contributed by atoms with Gasteiger partial charge in [0.2, 0.25) is 0 Å². The lowest BCUT2D eigenvalue weighted by molar-refractivity contribution is 0.229. The van der Waals surface area contributed by atoms with Crippen molar-refractivity contribution in [1.29, 1.82) is 0 Å². The van der Waals surface area contributed by atoms with Crippen molar-refractivity contribution in [2.75, 3.05) is 6.61 Å². The van der Waals surface area contributed by atoms with E-state index < -0.39 is 0 Å². The Morgan fingerprint density at radius 1 is 1.22 bits per heavy atom. The lowest BCUT2D eigenvalue weighted by atomic mass is 9.93. The van der Waals surface area contributed by atoms with E-state index in [1.807, 2.05) is 13.8 Å². The second kappa shape index (κ2) is 7.79. The van der Waals surface area contributed by atoms with Crippen LogP contribution in [0.15, 0.2) is 42.7 Å².